The highest BCUT2D eigenvalue weighted by Crippen LogP contribution is 2.35. The first kappa shape index (κ1) is 26.5. The lowest BCUT2D eigenvalue weighted by Gasteiger charge is -2.40. The van der Waals surface area contributed by atoms with Crippen molar-refractivity contribution in [2.24, 2.45) is 5.92 Å². The number of rotatable bonds is 8. The van der Waals surface area contributed by atoms with Crippen LogP contribution in [-0.4, -0.2) is 85.9 Å². The number of methoxy groups -OCH3 is 1. The maximum absolute atomic E-state index is 14.4. The Morgan fingerprint density at radius 1 is 1.11 bits per heavy atom. The van der Waals surface area contributed by atoms with Gasteiger partial charge in [-0.05, 0) is 35.4 Å². The molecule has 38 heavy (non-hydrogen) atoms. The van der Waals surface area contributed by atoms with Crippen LogP contribution in [0.25, 0.3) is 10.8 Å². The van der Waals surface area contributed by atoms with Gasteiger partial charge in [0.05, 0.1) is 18.4 Å². The van der Waals surface area contributed by atoms with Crippen molar-refractivity contribution in [2.45, 2.75) is 38.5 Å². The second kappa shape index (κ2) is 10.6. The van der Waals surface area contributed by atoms with Gasteiger partial charge in [0.2, 0.25) is 5.95 Å². The van der Waals surface area contributed by atoms with Crippen LogP contribution in [0.15, 0.2) is 30.7 Å². The Balaban J connectivity index is 1.37. The maximum atomic E-state index is 14.4. The number of fused-ring (bicyclic) bond motifs is 1. The Morgan fingerprint density at radius 2 is 1.89 bits per heavy atom. The molecule has 0 aromatic carbocycles. The maximum Gasteiger partial charge on any atom is 0.227 e. The summed E-state index contributed by atoms with van der Waals surface area (Å²) in [6.07, 6.45) is 5.72. The van der Waals surface area contributed by atoms with E-state index in [1.807, 2.05) is 17.2 Å². The monoisotopic (exact) mass is 543 g/mol. The van der Waals surface area contributed by atoms with Crippen LogP contribution in [0.3, 0.4) is 0 Å². The zero-order chi connectivity index (χ0) is 27.0. The number of alkyl halides is 1. The first-order valence-electron chi connectivity index (χ1n) is 12.8. The van der Waals surface area contributed by atoms with E-state index < -0.39 is 22.1 Å². The number of hydrogen-bond donors (Lipinski definition) is 1. The number of nitrogens with zero attached hydrogens (tertiary/aromatic N) is 6. The molecule has 0 radical (unpaired) electrons. The smallest absolute Gasteiger partial charge is 0.227 e. The molecule has 0 saturated carbocycles. The molecule has 3 aromatic rings. The van der Waals surface area contributed by atoms with Crippen molar-refractivity contribution < 1.29 is 17.5 Å². The third-order valence-electron chi connectivity index (χ3n) is 7.17. The topological polar surface area (TPSA) is 113 Å². The number of sulfone groups is 1. The van der Waals surface area contributed by atoms with Gasteiger partial charge in [-0.3, -0.25) is 0 Å². The van der Waals surface area contributed by atoms with Crippen molar-refractivity contribution >= 4 is 44.0 Å². The van der Waals surface area contributed by atoms with Gasteiger partial charge in [0.15, 0.2) is 0 Å². The van der Waals surface area contributed by atoms with E-state index >= 15 is 0 Å². The van der Waals surface area contributed by atoms with E-state index in [4.69, 9.17) is 9.72 Å². The fourth-order valence-electron chi connectivity index (χ4n) is 5.23. The second-order valence-corrected chi connectivity index (χ2v) is 12.7. The highest BCUT2D eigenvalue weighted by atomic mass is 32.2. The van der Waals surface area contributed by atoms with E-state index in [0.29, 0.717) is 43.6 Å². The minimum absolute atomic E-state index is 0.112. The van der Waals surface area contributed by atoms with Crippen LogP contribution < -0.4 is 15.1 Å². The Kier molecular flexibility index (Phi) is 7.36. The Hall–Kier alpha value is -3.12. The molecule has 2 saturated heterocycles. The van der Waals surface area contributed by atoms with Crippen molar-refractivity contribution in [1.82, 2.24) is 19.9 Å². The van der Waals surface area contributed by atoms with Crippen LogP contribution in [-0.2, 0) is 14.6 Å². The lowest BCUT2D eigenvalue weighted by molar-refractivity contribution is 0.0194. The summed E-state index contributed by atoms with van der Waals surface area (Å²) in [5, 5.41) is 5.24. The van der Waals surface area contributed by atoms with Crippen molar-refractivity contribution in [3.63, 3.8) is 0 Å². The summed E-state index contributed by atoms with van der Waals surface area (Å²) >= 11 is 0. The summed E-state index contributed by atoms with van der Waals surface area (Å²) in [6.45, 7) is 6.35. The predicted octanol–water partition coefficient (Wildman–Crippen LogP) is 3.33. The lowest BCUT2D eigenvalue weighted by Crippen LogP contribution is -2.50. The van der Waals surface area contributed by atoms with Gasteiger partial charge in [-0.1, -0.05) is 13.8 Å². The summed E-state index contributed by atoms with van der Waals surface area (Å²) in [6, 6.07) is 3.75. The average Bonchev–Trinajstić information content (AvgIpc) is 2.85. The SMILES string of the molecule is CO[C@@H]1CCN(c2nccc(Nc3cc4c(C(C)C)cnc(N5CC(CS(C)(=O)=O)C5)c4cn3)n2)C[C@@H]1F. The van der Waals surface area contributed by atoms with Gasteiger partial charge in [-0.15, -0.1) is 0 Å². The Labute approximate surface area is 222 Å². The number of halogens is 1. The minimum Gasteiger partial charge on any atom is -0.378 e. The van der Waals surface area contributed by atoms with Gasteiger partial charge in [0.1, 0.15) is 33.5 Å². The summed E-state index contributed by atoms with van der Waals surface area (Å²) in [5.41, 5.74) is 1.10. The molecule has 2 fully saturated rings. The lowest BCUT2D eigenvalue weighted by atomic mass is 9.97. The molecule has 1 N–H and O–H groups in total. The summed E-state index contributed by atoms with van der Waals surface area (Å²) < 4.78 is 43.0. The average molecular weight is 544 g/mol. The van der Waals surface area contributed by atoms with E-state index in [-0.39, 0.29) is 24.1 Å². The van der Waals surface area contributed by atoms with E-state index in [2.05, 4.69) is 39.0 Å². The fraction of sp³-hybridized carbons (Fsp3) is 0.538. The number of hydrogen-bond acceptors (Lipinski definition) is 10. The highest BCUT2D eigenvalue weighted by Gasteiger charge is 2.32. The van der Waals surface area contributed by atoms with Crippen molar-refractivity contribution in [3.05, 3.63) is 36.3 Å². The predicted molar refractivity (Wildman–Crippen MR) is 147 cm³/mol. The van der Waals surface area contributed by atoms with Gasteiger partial charge in [-0.2, -0.15) is 4.98 Å². The molecule has 0 spiro atoms. The van der Waals surface area contributed by atoms with Crippen LogP contribution in [0.4, 0.5) is 27.8 Å². The first-order chi connectivity index (χ1) is 18.1. The largest absolute Gasteiger partial charge is 0.378 e. The zero-order valence-electron chi connectivity index (χ0n) is 22.1. The summed E-state index contributed by atoms with van der Waals surface area (Å²) in [5.74, 6) is 3.02. The van der Waals surface area contributed by atoms with Crippen molar-refractivity contribution in [2.75, 3.05) is 60.4 Å². The van der Waals surface area contributed by atoms with Gasteiger partial charge in [0, 0.05) is 62.9 Å². The standard InChI is InChI=1S/C26H34FN7O3S/c1-16(2)19-10-30-25(34-12-17(13-34)15-38(4,35)36)20-11-29-24(9-18(19)20)31-23-5-7-28-26(32-23)33-8-6-22(37-3)21(27)14-33/h5,7,9-11,16-17,21-22H,6,8,12-15H2,1-4H3,(H,28,29,31,32)/t21-,22+/m0/s1. The van der Waals surface area contributed by atoms with Gasteiger partial charge >= 0.3 is 0 Å². The van der Waals surface area contributed by atoms with E-state index in [1.54, 1.807) is 18.5 Å². The summed E-state index contributed by atoms with van der Waals surface area (Å²) in [7, 11) is -1.47. The van der Waals surface area contributed by atoms with Gasteiger partial charge < -0.3 is 19.9 Å². The Morgan fingerprint density at radius 3 is 2.58 bits per heavy atom. The molecule has 204 valence electrons. The number of pyridine rings is 2. The fourth-order valence-corrected chi connectivity index (χ4v) is 6.30. The van der Waals surface area contributed by atoms with E-state index in [1.165, 1.54) is 13.4 Å². The van der Waals surface area contributed by atoms with Crippen LogP contribution in [0.1, 0.15) is 31.7 Å². The number of anilines is 4. The molecule has 5 rings (SSSR count). The molecule has 0 bridgehead atoms. The van der Waals surface area contributed by atoms with E-state index in [0.717, 1.165) is 22.2 Å². The van der Waals surface area contributed by atoms with Gasteiger partial charge in [0.25, 0.3) is 0 Å². The number of nitrogens with one attached hydrogen (secondary N) is 1. The molecule has 0 unspecified atom stereocenters. The molecular weight excluding hydrogens is 509 g/mol. The van der Waals surface area contributed by atoms with Crippen molar-refractivity contribution in [3.8, 4) is 0 Å². The molecule has 2 atom stereocenters. The van der Waals surface area contributed by atoms with Gasteiger partial charge in [-0.25, -0.2) is 27.8 Å². The molecule has 2 aliphatic heterocycles. The quantitative estimate of drug-likeness (QED) is 0.454. The molecule has 0 aliphatic carbocycles. The molecule has 2 aliphatic rings. The van der Waals surface area contributed by atoms with E-state index in [9.17, 15) is 12.8 Å². The second-order valence-electron chi connectivity index (χ2n) is 10.6. The van der Waals surface area contributed by atoms with Crippen LogP contribution in [0.2, 0.25) is 0 Å². The zero-order valence-corrected chi connectivity index (χ0v) is 22.9. The number of ether oxygens (including phenoxy) is 1. The summed E-state index contributed by atoms with van der Waals surface area (Å²) in [4.78, 5) is 22.3. The third kappa shape index (κ3) is 5.65. The molecule has 0 amide bonds. The highest BCUT2D eigenvalue weighted by molar-refractivity contribution is 7.90. The molecular formula is C26H34FN7O3S. The van der Waals surface area contributed by atoms with Crippen LogP contribution in [0.5, 0.6) is 0 Å². The third-order valence-corrected chi connectivity index (χ3v) is 8.24. The first-order valence-corrected chi connectivity index (χ1v) is 14.9. The molecule has 10 nitrogen and oxygen atoms in total. The Bertz CT molecular complexity index is 1420. The normalized spacial score (nSPS) is 20.7. The van der Waals surface area contributed by atoms with Crippen LogP contribution in [0, 0.1) is 5.92 Å². The molecule has 3 aromatic heterocycles. The molecule has 12 heteroatoms. The number of aromatic nitrogens is 4. The number of piperidine rings is 1. The minimum atomic E-state index is -3.01. The van der Waals surface area contributed by atoms with Crippen LogP contribution >= 0.6 is 0 Å². The van der Waals surface area contributed by atoms with Crippen molar-refractivity contribution in [1.29, 1.82) is 0 Å². The molecule has 5 heterocycles.